The minimum Gasteiger partial charge on any atom is -0.463 e. The molecule has 1 spiro atoms. The van der Waals surface area contributed by atoms with Gasteiger partial charge in [0.25, 0.3) is 0 Å². The van der Waals surface area contributed by atoms with Gasteiger partial charge in [0.15, 0.2) is 5.79 Å². The minimum absolute atomic E-state index is 0.00784. The third-order valence-electron chi connectivity index (χ3n) is 14.3. The number of hydrogen-bond acceptors (Lipinski definition) is 8. The van der Waals surface area contributed by atoms with Gasteiger partial charge < -0.3 is 23.7 Å². The Labute approximate surface area is 301 Å². The Morgan fingerprint density at radius 2 is 1.51 bits per heavy atom. The van der Waals surface area contributed by atoms with E-state index in [1.807, 2.05) is 55.5 Å². The van der Waals surface area contributed by atoms with Gasteiger partial charge in [-0.1, -0.05) is 68.8 Å². The molecule has 8 heteroatoms. The van der Waals surface area contributed by atoms with Crippen LogP contribution in [-0.2, 0) is 28.5 Å². The van der Waals surface area contributed by atoms with Gasteiger partial charge in [-0.2, -0.15) is 0 Å². The summed E-state index contributed by atoms with van der Waals surface area (Å²) in [5, 5.41) is 0. The fraction of sp³-hybridized carbons (Fsp3) is 0.605. The van der Waals surface area contributed by atoms with E-state index in [-0.39, 0.29) is 60.1 Å². The summed E-state index contributed by atoms with van der Waals surface area (Å²) < 4.78 is 32.2. The maximum Gasteiger partial charge on any atom is 0.338 e. The van der Waals surface area contributed by atoms with Gasteiger partial charge in [-0.05, 0) is 99.3 Å². The zero-order valence-corrected chi connectivity index (χ0v) is 30.6. The number of hydrogen-bond donors (Lipinski definition) is 0. The van der Waals surface area contributed by atoms with E-state index >= 15 is 0 Å². The Hall–Kier alpha value is -3.49. The lowest BCUT2D eigenvalue weighted by atomic mass is 9.45. The molecule has 0 amide bonds. The number of carbonyl (C=O) groups is 3. The number of carbonyl (C=O) groups excluding carboxylic acids is 3. The van der Waals surface area contributed by atoms with E-state index in [1.54, 1.807) is 12.1 Å². The van der Waals surface area contributed by atoms with Crippen LogP contribution in [0, 0.1) is 40.4 Å². The Bertz CT molecular complexity index is 1710. The molecule has 0 unspecified atom stereocenters. The Morgan fingerprint density at radius 3 is 2.20 bits per heavy atom. The highest BCUT2D eigenvalue weighted by Crippen LogP contribution is 2.70. The van der Waals surface area contributed by atoms with E-state index in [0.29, 0.717) is 41.7 Å². The molecule has 4 aliphatic carbocycles. The van der Waals surface area contributed by atoms with Crippen molar-refractivity contribution < 1.29 is 38.1 Å². The molecule has 3 saturated carbocycles. The van der Waals surface area contributed by atoms with Crippen molar-refractivity contribution in [2.45, 2.75) is 116 Å². The first-order valence-corrected chi connectivity index (χ1v) is 19.1. The molecule has 8 rings (SSSR count). The molecule has 8 nitrogen and oxygen atoms in total. The zero-order valence-electron chi connectivity index (χ0n) is 30.6. The van der Waals surface area contributed by atoms with E-state index < -0.39 is 16.8 Å². The smallest absolute Gasteiger partial charge is 0.338 e. The quantitative estimate of drug-likeness (QED) is 0.170. The summed E-state index contributed by atoms with van der Waals surface area (Å²) in [6, 6.07) is 18.4. The molecule has 0 bridgehead atoms. The summed E-state index contributed by atoms with van der Waals surface area (Å²) in [5.74, 6) is -0.437. The highest BCUT2D eigenvalue weighted by molar-refractivity contribution is 5.90. The maximum atomic E-state index is 13.9. The molecule has 2 aromatic rings. The van der Waals surface area contributed by atoms with Gasteiger partial charge in [-0.3, -0.25) is 4.79 Å². The Balaban J connectivity index is 1.08. The summed E-state index contributed by atoms with van der Waals surface area (Å²) >= 11 is 0. The van der Waals surface area contributed by atoms with Crippen LogP contribution in [0.1, 0.15) is 107 Å². The van der Waals surface area contributed by atoms with Crippen LogP contribution in [0.3, 0.4) is 0 Å². The lowest BCUT2D eigenvalue weighted by Crippen LogP contribution is -2.58. The normalized spacial score (nSPS) is 42.2. The monoisotopic (exact) mass is 696 g/mol. The average Bonchev–Trinajstić information content (AvgIpc) is 3.72. The van der Waals surface area contributed by atoms with E-state index in [9.17, 15) is 14.4 Å². The van der Waals surface area contributed by atoms with Crippen LogP contribution in [0.15, 0.2) is 72.3 Å². The SMILES string of the molecule is CC(=O)O[C@H]1CC[C@@]2(C)[C@@H](CC[C@H]3C4=C[C@@H]5O[C@@]6(CC[C@@](C)(COC(=O)c7ccccc7)O6)[C@@H](C)[C@@H]5[C@@]4(C)[C@H](OC(=O)c4ccccc4)C[C@@H]32)C1. The predicted octanol–water partition coefficient (Wildman–Crippen LogP) is 8.10. The standard InChI is InChI=1S/C43H52O8/c1-26-37-35(50-43(26)21-20-40(3,51-43)25-47-38(45)28-12-8-6-9-13-28)23-34-32-17-16-30-22-31(48-27(2)44)18-19-41(30,4)33(32)24-36(42(34,37)5)49-39(46)29-14-10-7-11-15-29/h6-15,23,26,30-33,35-37H,16-22,24-25H2,1-5H3/t26-,30-,31-,32+,33-,35-,36+,37-,40-,41-,42+,43+/m0/s1. The minimum atomic E-state index is -0.822. The van der Waals surface area contributed by atoms with Crippen molar-refractivity contribution in [1.82, 2.24) is 0 Å². The van der Waals surface area contributed by atoms with E-state index in [4.69, 9.17) is 23.7 Å². The number of rotatable bonds is 6. The molecule has 2 aliphatic heterocycles. The van der Waals surface area contributed by atoms with Crippen LogP contribution in [0.5, 0.6) is 0 Å². The van der Waals surface area contributed by atoms with Gasteiger partial charge in [0.2, 0.25) is 0 Å². The van der Waals surface area contributed by atoms with Gasteiger partial charge in [-0.15, -0.1) is 0 Å². The van der Waals surface area contributed by atoms with Crippen LogP contribution < -0.4 is 0 Å². The Morgan fingerprint density at radius 1 is 0.824 bits per heavy atom. The van der Waals surface area contributed by atoms with Gasteiger partial charge >= 0.3 is 17.9 Å². The maximum absolute atomic E-state index is 13.9. The molecular formula is C43H52O8. The number of benzene rings is 2. The topological polar surface area (TPSA) is 97.4 Å². The number of esters is 3. The highest BCUT2D eigenvalue weighted by atomic mass is 16.7. The largest absolute Gasteiger partial charge is 0.463 e. The first-order valence-electron chi connectivity index (χ1n) is 19.1. The van der Waals surface area contributed by atoms with E-state index in [0.717, 1.165) is 38.5 Å². The molecule has 5 fully saturated rings. The molecule has 2 saturated heterocycles. The Kier molecular flexibility index (Phi) is 8.53. The molecule has 2 aromatic carbocycles. The molecular weight excluding hydrogens is 644 g/mol. The van der Waals surface area contributed by atoms with Crippen LogP contribution in [0.2, 0.25) is 0 Å². The van der Waals surface area contributed by atoms with Crippen molar-refractivity contribution in [1.29, 1.82) is 0 Å². The fourth-order valence-electron chi connectivity index (χ4n) is 11.7. The summed E-state index contributed by atoms with van der Waals surface area (Å²) in [7, 11) is 0. The van der Waals surface area contributed by atoms with Gasteiger partial charge in [0.05, 0.1) is 17.2 Å². The van der Waals surface area contributed by atoms with Crippen LogP contribution in [0.25, 0.3) is 0 Å². The number of fused-ring (bicyclic) bond motifs is 7. The molecule has 2 heterocycles. The van der Waals surface area contributed by atoms with Crippen molar-refractivity contribution in [3.05, 3.63) is 83.4 Å². The molecule has 51 heavy (non-hydrogen) atoms. The van der Waals surface area contributed by atoms with Crippen molar-refractivity contribution in [2.24, 2.45) is 40.4 Å². The second-order valence-corrected chi connectivity index (χ2v) is 17.1. The van der Waals surface area contributed by atoms with Crippen LogP contribution >= 0.6 is 0 Å². The van der Waals surface area contributed by atoms with Gasteiger partial charge in [-0.25, -0.2) is 9.59 Å². The second-order valence-electron chi connectivity index (χ2n) is 17.1. The van der Waals surface area contributed by atoms with E-state index in [1.165, 1.54) is 12.5 Å². The zero-order chi connectivity index (χ0) is 35.8. The average molecular weight is 697 g/mol. The van der Waals surface area contributed by atoms with Crippen molar-refractivity contribution in [3.8, 4) is 0 Å². The second kappa shape index (κ2) is 12.6. The highest BCUT2D eigenvalue weighted by Gasteiger charge is 2.71. The predicted molar refractivity (Wildman–Crippen MR) is 189 cm³/mol. The van der Waals surface area contributed by atoms with Gasteiger partial charge in [0, 0.05) is 30.6 Å². The first-order chi connectivity index (χ1) is 24.4. The van der Waals surface area contributed by atoms with Crippen molar-refractivity contribution >= 4 is 17.9 Å². The fourth-order valence-corrected chi connectivity index (χ4v) is 11.7. The molecule has 272 valence electrons. The lowest BCUT2D eigenvalue weighted by molar-refractivity contribution is -0.255. The molecule has 0 radical (unpaired) electrons. The summed E-state index contributed by atoms with van der Waals surface area (Å²) in [5.41, 5.74) is 1.41. The lowest BCUT2D eigenvalue weighted by Gasteiger charge is -2.61. The third kappa shape index (κ3) is 5.67. The van der Waals surface area contributed by atoms with Gasteiger partial charge in [0.1, 0.15) is 24.4 Å². The van der Waals surface area contributed by atoms with Crippen molar-refractivity contribution in [3.63, 3.8) is 0 Å². The van der Waals surface area contributed by atoms with Crippen LogP contribution in [-0.4, -0.2) is 54.2 Å². The molecule has 0 N–H and O–H groups in total. The van der Waals surface area contributed by atoms with Crippen LogP contribution in [0.4, 0.5) is 0 Å². The number of ether oxygens (including phenoxy) is 5. The molecule has 6 aliphatic rings. The molecule has 0 aromatic heterocycles. The summed E-state index contributed by atoms with van der Waals surface area (Å²) in [6.07, 6.45) is 8.97. The summed E-state index contributed by atoms with van der Waals surface area (Å²) in [4.78, 5) is 38.5. The van der Waals surface area contributed by atoms with E-state index in [2.05, 4.69) is 26.8 Å². The van der Waals surface area contributed by atoms with Crippen molar-refractivity contribution in [2.75, 3.05) is 6.61 Å². The summed E-state index contributed by atoms with van der Waals surface area (Å²) in [6.45, 7) is 10.7. The molecule has 12 atom stereocenters. The first kappa shape index (κ1) is 34.6. The third-order valence-corrected chi connectivity index (χ3v) is 14.3.